The van der Waals surface area contributed by atoms with Gasteiger partial charge in [0, 0.05) is 46.4 Å². The molecule has 26 heavy (non-hydrogen) atoms. The van der Waals surface area contributed by atoms with Crippen molar-refractivity contribution in [3.05, 3.63) is 71.8 Å². The minimum Gasteiger partial charge on any atom is -0.295 e. The molecule has 0 bridgehead atoms. The summed E-state index contributed by atoms with van der Waals surface area (Å²) in [5.41, 5.74) is 7.17. The minimum absolute atomic E-state index is 0.000157. The van der Waals surface area contributed by atoms with Crippen LogP contribution in [0.2, 0.25) is 0 Å². The Morgan fingerprint density at radius 3 is 2.31 bits per heavy atom. The summed E-state index contributed by atoms with van der Waals surface area (Å²) in [4.78, 5) is 20.5. The van der Waals surface area contributed by atoms with Crippen molar-refractivity contribution < 1.29 is 4.79 Å². The molecule has 3 heteroatoms. The highest BCUT2D eigenvalue weighted by Gasteiger charge is 2.16. The molecule has 2 heterocycles. The second kappa shape index (κ2) is 6.83. The molecular weight excluding hydrogens is 320 g/mol. The lowest BCUT2D eigenvalue weighted by atomic mass is 9.90. The van der Waals surface area contributed by atoms with E-state index in [1.54, 1.807) is 6.92 Å². The lowest BCUT2D eigenvalue weighted by Gasteiger charge is -2.18. The van der Waals surface area contributed by atoms with E-state index in [0.29, 0.717) is 0 Å². The van der Waals surface area contributed by atoms with E-state index in [9.17, 15) is 4.79 Å². The summed E-state index contributed by atoms with van der Waals surface area (Å²) >= 11 is 0. The first-order chi connectivity index (χ1) is 12.3. The first kappa shape index (κ1) is 18.0. The van der Waals surface area contributed by atoms with Crippen LogP contribution in [0.3, 0.4) is 0 Å². The quantitative estimate of drug-likeness (QED) is 0.579. The van der Waals surface area contributed by atoms with Crippen molar-refractivity contribution in [3.63, 3.8) is 0 Å². The van der Waals surface area contributed by atoms with Gasteiger partial charge in [0.1, 0.15) is 0 Å². The number of aryl methyl sites for hydroxylation is 1. The Morgan fingerprint density at radius 1 is 0.923 bits per heavy atom. The monoisotopic (exact) mass is 344 g/mol. The van der Waals surface area contributed by atoms with Crippen LogP contribution in [-0.2, 0) is 5.41 Å². The number of Topliss-reactive ketones (excluding diaryl/α,β-unsaturated/α-hetero) is 1. The van der Waals surface area contributed by atoms with Gasteiger partial charge >= 0.3 is 0 Å². The fraction of sp³-hybridized carbons (Fsp3) is 0.261. The zero-order valence-corrected chi connectivity index (χ0v) is 16.0. The Hall–Kier alpha value is -2.81. The van der Waals surface area contributed by atoms with E-state index in [1.807, 2.05) is 49.8 Å². The van der Waals surface area contributed by atoms with Crippen molar-refractivity contribution in [1.29, 1.82) is 0 Å². The van der Waals surface area contributed by atoms with E-state index < -0.39 is 0 Å². The molecule has 2 aromatic heterocycles. The van der Waals surface area contributed by atoms with Crippen LogP contribution >= 0.6 is 0 Å². The molecule has 3 nitrogen and oxygen atoms in total. The third kappa shape index (κ3) is 3.72. The highest BCUT2D eigenvalue weighted by atomic mass is 16.1. The Balaban J connectivity index is 2.03. The van der Waals surface area contributed by atoms with Gasteiger partial charge in [0.2, 0.25) is 0 Å². The van der Waals surface area contributed by atoms with Crippen molar-refractivity contribution in [2.45, 2.75) is 40.0 Å². The number of ketones is 1. The summed E-state index contributed by atoms with van der Waals surface area (Å²) in [5, 5.41) is 0. The van der Waals surface area contributed by atoms with E-state index >= 15 is 0 Å². The van der Waals surface area contributed by atoms with Crippen molar-refractivity contribution >= 4 is 5.78 Å². The van der Waals surface area contributed by atoms with E-state index in [2.05, 4.69) is 42.9 Å². The van der Waals surface area contributed by atoms with Gasteiger partial charge in [-0.05, 0) is 54.8 Å². The van der Waals surface area contributed by atoms with Crippen LogP contribution in [0.5, 0.6) is 0 Å². The Morgan fingerprint density at radius 2 is 1.65 bits per heavy atom. The number of carbonyl (C=O) groups is 1. The van der Waals surface area contributed by atoms with E-state index in [0.717, 1.165) is 39.1 Å². The second-order valence-electron chi connectivity index (χ2n) is 7.73. The van der Waals surface area contributed by atoms with Gasteiger partial charge in [-0.1, -0.05) is 32.9 Å². The van der Waals surface area contributed by atoms with Gasteiger partial charge in [0.05, 0.1) is 0 Å². The lowest BCUT2D eigenvalue weighted by Crippen LogP contribution is -2.13. The van der Waals surface area contributed by atoms with Gasteiger partial charge in [-0.25, -0.2) is 0 Å². The van der Waals surface area contributed by atoms with Gasteiger partial charge in [0.25, 0.3) is 0 Å². The minimum atomic E-state index is 0.000157. The Kier molecular flexibility index (Phi) is 4.73. The molecule has 0 radical (unpaired) electrons. The lowest BCUT2D eigenvalue weighted by molar-refractivity contribution is 0.101. The maximum Gasteiger partial charge on any atom is 0.159 e. The smallest absolute Gasteiger partial charge is 0.159 e. The Bertz CT molecular complexity index is 968. The number of benzene rings is 1. The summed E-state index contributed by atoms with van der Waals surface area (Å²) in [7, 11) is 0. The maximum absolute atomic E-state index is 11.6. The van der Waals surface area contributed by atoms with Gasteiger partial charge in [0.15, 0.2) is 5.78 Å². The average molecular weight is 344 g/mol. The largest absolute Gasteiger partial charge is 0.295 e. The number of hydrogen-bond donors (Lipinski definition) is 0. The van der Waals surface area contributed by atoms with Gasteiger partial charge in [-0.2, -0.15) is 0 Å². The first-order valence-electron chi connectivity index (χ1n) is 8.79. The highest BCUT2D eigenvalue weighted by molar-refractivity contribution is 5.95. The standard InChI is InChI=1S/C23H24N2O/c1-15-10-17(16(2)26)6-7-21(15)20-11-19(13-24-14-20)18-8-9-25-22(12-18)23(3,4)5/h6-14H,1-5H3. The number of rotatable bonds is 3. The molecule has 3 rings (SSSR count). The zero-order chi connectivity index (χ0) is 18.9. The normalized spacial score (nSPS) is 11.4. The van der Waals surface area contributed by atoms with Gasteiger partial charge < -0.3 is 0 Å². The van der Waals surface area contributed by atoms with Crippen LogP contribution in [-0.4, -0.2) is 15.8 Å². The predicted molar refractivity (Wildman–Crippen MR) is 106 cm³/mol. The summed E-state index contributed by atoms with van der Waals surface area (Å²) in [6, 6.07) is 12.1. The van der Waals surface area contributed by atoms with Crippen LogP contribution < -0.4 is 0 Å². The summed E-state index contributed by atoms with van der Waals surface area (Å²) < 4.78 is 0. The first-order valence-corrected chi connectivity index (χ1v) is 8.79. The van der Waals surface area contributed by atoms with Crippen molar-refractivity contribution in [2.75, 3.05) is 0 Å². The van der Waals surface area contributed by atoms with Crippen LogP contribution in [0.1, 0.15) is 49.3 Å². The molecule has 0 saturated carbocycles. The highest BCUT2D eigenvalue weighted by Crippen LogP contribution is 2.30. The topological polar surface area (TPSA) is 42.9 Å². The molecule has 3 aromatic rings. The summed E-state index contributed by atoms with van der Waals surface area (Å²) in [6.07, 6.45) is 5.60. The number of aromatic nitrogens is 2. The molecular formula is C23H24N2O. The third-order valence-corrected chi connectivity index (χ3v) is 4.54. The molecule has 1 aromatic carbocycles. The molecule has 0 amide bonds. The third-order valence-electron chi connectivity index (χ3n) is 4.54. The summed E-state index contributed by atoms with van der Waals surface area (Å²) in [5.74, 6) is 0.0815. The number of nitrogens with zero attached hydrogens (tertiary/aromatic N) is 2. The number of hydrogen-bond acceptors (Lipinski definition) is 3. The predicted octanol–water partition coefficient (Wildman–Crippen LogP) is 5.62. The molecule has 0 aliphatic heterocycles. The van der Waals surface area contributed by atoms with E-state index in [-0.39, 0.29) is 11.2 Å². The zero-order valence-electron chi connectivity index (χ0n) is 16.0. The van der Waals surface area contributed by atoms with Crippen LogP contribution in [0.25, 0.3) is 22.3 Å². The molecule has 0 unspecified atom stereocenters. The summed E-state index contributed by atoms with van der Waals surface area (Å²) in [6.45, 7) is 10.1. The van der Waals surface area contributed by atoms with E-state index in [1.165, 1.54) is 0 Å². The van der Waals surface area contributed by atoms with Crippen molar-refractivity contribution in [1.82, 2.24) is 9.97 Å². The molecule has 0 atom stereocenters. The van der Waals surface area contributed by atoms with Gasteiger partial charge in [-0.15, -0.1) is 0 Å². The molecule has 0 saturated heterocycles. The van der Waals surface area contributed by atoms with Crippen LogP contribution in [0, 0.1) is 6.92 Å². The van der Waals surface area contributed by atoms with Crippen LogP contribution in [0.4, 0.5) is 0 Å². The Labute approximate surface area is 155 Å². The molecule has 0 spiro atoms. The fourth-order valence-corrected chi connectivity index (χ4v) is 2.97. The van der Waals surface area contributed by atoms with E-state index in [4.69, 9.17) is 0 Å². The number of pyridine rings is 2. The SMILES string of the molecule is CC(=O)c1ccc(-c2cncc(-c3ccnc(C(C)(C)C)c3)c2)c(C)c1. The maximum atomic E-state index is 11.6. The average Bonchev–Trinajstić information content (AvgIpc) is 2.61. The molecule has 132 valence electrons. The number of carbonyl (C=O) groups excluding carboxylic acids is 1. The molecule has 0 N–H and O–H groups in total. The molecule has 0 aliphatic rings. The second-order valence-corrected chi connectivity index (χ2v) is 7.73. The molecule has 0 fully saturated rings. The fourth-order valence-electron chi connectivity index (χ4n) is 2.97. The van der Waals surface area contributed by atoms with Crippen molar-refractivity contribution in [3.8, 4) is 22.3 Å². The van der Waals surface area contributed by atoms with Crippen molar-refractivity contribution in [2.24, 2.45) is 0 Å². The van der Waals surface area contributed by atoms with Crippen LogP contribution in [0.15, 0.2) is 55.0 Å². The molecule has 0 aliphatic carbocycles. The van der Waals surface area contributed by atoms with Gasteiger partial charge in [-0.3, -0.25) is 14.8 Å².